The molecule has 1 aliphatic rings. The van der Waals surface area contributed by atoms with Crippen LogP contribution in [0.15, 0.2) is 0 Å². The number of nitrogens with one attached hydrogen (secondary N) is 1. The van der Waals surface area contributed by atoms with Crippen molar-refractivity contribution in [3.8, 4) is 0 Å². The Morgan fingerprint density at radius 2 is 1.95 bits per heavy atom. The lowest BCUT2D eigenvalue weighted by molar-refractivity contribution is -0.146. The van der Waals surface area contributed by atoms with Crippen LogP contribution in [-0.4, -0.2) is 49.6 Å². The van der Waals surface area contributed by atoms with Crippen LogP contribution in [0.4, 0.5) is 0 Å². The zero-order valence-corrected chi connectivity index (χ0v) is 12.6. The number of hydrogen-bond acceptors (Lipinski definition) is 4. The second-order valence-electron chi connectivity index (χ2n) is 5.90. The highest BCUT2D eigenvalue weighted by atomic mass is 16.5. The fourth-order valence-electron chi connectivity index (χ4n) is 2.32. The number of amides is 1. The van der Waals surface area contributed by atoms with Gasteiger partial charge in [-0.15, -0.1) is 0 Å². The van der Waals surface area contributed by atoms with Crippen LogP contribution in [0.3, 0.4) is 0 Å². The maximum atomic E-state index is 11.9. The van der Waals surface area contributed by atoms with Gasteiger partial charge in [0.15, 0.2) is 0 Å². The van der Waals surface area contributed by atoms with Crippen molar-refractivity contribution in [2.75, 3.05) is 26.7 Å². The Morgan fingerprint density at radius 3 is 2.47 bits per heavy atom. The summed E-state index contributed by atoms with van der Waals surface area (Å²) >= 11 is 0. The average Bonchev–Trinajstić information content (AvgIpc) is 2.68. The van der Waals surface area contributed by atoms with E-state index in [1.54, 1.807) is 0 Å². The van der Waals surface area contributed by atoms with Crippen molar-refractivity contribution in [1.29, 1.82) is 0 Å². The molecule has 0 aromatic heterocycles. The molecule has 110 valence electrons. The van der Waals surface area contributed by atoms with Crippen LogP contribution in [0.2, 0.25) is 0 Å². The predicted octanol–water partition coefficient (Wildman–Crippen LogP) is 0.888. The van der Waals surface area contributed by atoms with Crippen molar-refractivity contribution in [2.24, 2.45) is 17.8 Å². The smallest absolute Gasteiger partial charge is 0.310 e. The Morgan fingerprint density at radius 1 is 1.32 bits per heavy atom. The molecular weight excluding hydrogens is 244 g/mol. The number of rotatable bonds is 5. The van der Waals surface area contributed by atoms with E-state index in [1.165, 1.54) is 7.11 Å². The minimum Gasteiger partial charge on any atom is -0.469 e. The molecule has 3 unspecified atom stereocenters. The van der Waals surface area contributed by atoms with Gasteiger partial charge >= 0.3 is 5.97 Å². The van der Waals surface area contributed by atoms with Crippen molar-refractivity contribution in [3.05, 3.63) is 0 Å². The molecule has 1 aliphatic heterocycles. The molecule has 0 spiro atoms. The van der Waals surface area contributed by atoms with Gasteiger partial charge in [-0.05, 0) is 18.8 Å². The van der Waals surface area contributed by atoms with Gasteiger partial charge in [-0.25, -0.2) is 0 Å². The number of methoxy groups -OCH3 is 1. The van der Waals surface area contributed by atoms with Gasteiger partial charge in [0.2, 0.25) is 5.91 Å². The maximum absolute atomic E-state index is 11.9. The third kappa shape index (κ3) is 4.49. The Balaban J connectivity index is 2.43. The molecule has 1 rings (SSSR count). The lowest BCUT2D eigenvalue weighted by Crippen LogP contribution is -2.42. The summed E-state index contributed by atoms with van der Waals surface area (Å²) in [5.74, 6) is 0.400. The molecule has 0 radical (unpaired) electrons. The van der Waals surface area contributed by atoms with E-state index in [0.717, 1.165) is 6.54 Å². The third-order valence-electron chi connectivity index (χ3n) is 3.95. The predicted molar refractivity (Wildman–Crippen MR) is 73.6 cm³/mol. The quantitative estimate of drug-likeness (QED) is 0.754. The lowest BCUT2D eigenvalue weighted by Gasteiger charge is -2.20. The maximum Gasteiger partial charge on any atom is 0.310 e. The first-order valence-corrected chi connectivity index (χ1v) is 6.94. The highest BCUT2D eigenvalue weighted by molar-refractivity contribution is 5.79. The minimum atomic E-state index is -0.175. The fraction of sp³-hybridized carbons (Fsp3) is 0.857. The van der Waals surface area contributed by atoms with Crippen LogP contribution >= 0.6 is 0 Å². The van der Waals surface area contributed by atoms with Gasteiger partial charge in [0.05, 0.1) is 19.6 Å². The van der Waals surface area contributed by atoms with Crippen molar-refractivity contribution in [1.82, 2.24) is 10.2 Å². The van der Waals surface area contributed by atoms with Crippen LogP contribution in [0.25, 0.3) is 0 Å². The standard InChI is InChI=1S/C14H26N2O3/c1-9(2)11(4)15-13(17)8-16-6-10(3)12(7-16)14(18)19-5/h9-12H,6-8H2,1-5H3,(H,15,17). The lowest BCUT2D eigenvalue weighted by atomic mass is 9.99. The molecule has 1 fully saturated rings. The second kappa shape index (κ2) is 6.89. The first-order valence-electron chi connectivity index (χ1n) is 6.94. The van der Waals surface area contributed by atoms with Gasteiger partial charge in [-0.3, -0.25) is 14.5 Å². The Kier molecular flexibility index (Phi) is 5.79. The molecule has 1 heterocycles. The van der Waals surface area contributed by atoms with E-state index in [-0.39, 0.29) is 29.8 Å². The molecule has 0 aromatic carbocycles. The molecule has 19 heavy (non-hydrogen) atoms. The van der Waals surface area contributed by atoms with E-state index in [2.05, 4.69) is 19.2 Å². The molecular formula is C14H26N2O3. The summed E-state index contributed by atoms with van der Waals surface area (Å²) in [6.07, 6.45) is 0. The number of carbonyl (C=O) groups excluding carboxylic acids is 2. The van der Waals surface area contributed by atoms with Gasteiger partial charge in [0.25, 0.3) is 0 Å². The molecule has 0 bridgehead atoms. The minimum absolute atomic E-state index is 0.0268. The van der Waals surface area contributed by atoms with E-state index in [1.807, 2.05) is 18.7 Å². The van der Waals surface area contributed by atoms with Crippen molar-refractivity contribution in [3.63, 3.8) is 0 Å². The van der Waals surface area contributed by atoms with E-state index in [4.69, 9.17) is 4.74 Å². The Hall–Kier alpha value is -1.10. The molecule has 3 atom stereocenters. The first kappa shape index (κ1) is 16.0. The number of esters is 1. The number of hydrogen-bond donors (Lipinski definition) is 1. The van der Waals surface area contributed by atoms with Crippen LogP contribution in [0.1, 0.15) is 27.7 Å². The molecule has 0 saturated carbocycles. The average molecular weight is 270 g/mol. The Labute approximate surface area is 115 Å². The zero-order valence-electron chi connectivity index (χ0n) is 12.6. The van der Waals surface area contributed by atoms with E-state index in [9.17, 15) is 9.59 Å². The number of likely N-dealkylation sites (tertiary alicyclic amines) is 1. The highest BCUT2D eigenvalue weighted by Crippen LogP contribution is 2.23. The molecule has 0 aromatic rings. The molecule has 1 saturated heterocycles. The van der Waals surface area contributed by atoms with E-state index in [0.29, 0.717) is 19.0 Å². The molecule has 1 amide bonds. The summed E-state index contributed by atoms with van der Waals surface area (Å²) in [5, 5.41) is 2.98. The highest BCUT2D eigenvalue weighted by Gasteiger charge is 2.36. The molecule has 0 aliphatic carbocycles. The van der Waals surface area contributed by atoms with Crippen LogP contribution < -0.4 is 5.32 Å². The topological polar surface area (TPSA) is 58.6 Å². The number of carbonyl (C=O) groups is 2. The molecule has 5 nitrogen and oxygen atoms in total. The van der Waals surface area contributed by atoms with Gasteiger partial charge in [-0.1, -0.05) is 20.8 Å². The van der Waals surface area contributed by atoms with Crippen molar-refractivity contribution < 1.29 is 14.3 Å². The summed E-state index contributed by atoms with van der Waals surface area (Å²) < 4.78 is 4.79. The van der Waals surface area contributed by atoms with Gasteiger partial charge in [0, 0.05) is 19.1 Å². The third-order valence-corrected chi connectivity index (χ3v) is 3.95. The van der Waals surface area contributed by atoms with Gasteiger partial charge < -0.3 is 10.1 Å². The first-order chi connectivity index (χ1) is 8.85. The van der Waals surface area contributed by atoms with Gasteiger partial charge in [0.1, 0.15) is 0 Å². The summed E-state index contributed by atoms with van der Waals surface area (Å²) in [4.78, 5) is 25.5. The zero-order chi connectivity index (χ0) is 14.6. The second-order valence-corrected chi connectivity index (χ2v) is 5.90. The summed E-state index contributed by atoms with van der Waals surface area (Å²) in [5.41, 5.74) is 0. The summed E-state index contributed by atoms with van der Waals surface area (Å²) in [7, 11) is 1.41. The van der Waals surface area contributed by atoms with Crippen LogP contribution in [0, 0.1) is 17.8 Å². The van der Waals surface area contributed by atoms with E-state index < -0.39 is 0 Å². The summed E-state index contributed by atoms with van der Waals surface area (Å²) in [6, 6.07) is 0.170. The summed E-state index contributed by atoms with van der Waals surface area (Å²) in [6.45, 7) is 9.92. The fourth-order valence-corrected chi connectivity index (χ4v) is 2.32. The van der Waals surface area contributed by atoms with Crippen molar-refractivity contribution >= 4 is 11.9 Å². The number of nitrogens with zero attached hydrogens (tertiary/aromatic N) is 1. The SMILES string of the molecule is COC(=O)C1CN(CC(=O)NC(C)C(C)C)CC1C. The van der Waals surface area contributed by atoms with Crippen molar-refractivity contribution in [2.45, 2.75) is 33.7 Å². The normalized spacial score (nSPS) is 25.4. The Bertz CT molecular complexity index is 331. The molecule has 5 heteroatoms. The monoisotopic (exact) mass is 270 g/mol. The van der Waals surface area contributed by atoms with E-state index >= 15 is 0 Å². The van der Waals surface area contributed by atoms with Crippen LogP contribution in [0.5, 0.6) is 0 Å². The van der Waals surface area contributed by atoms with Crippen LogP contribution in [-0.2, 0) is 14.3 Å². The number of ether oxygens (including phenoxy) is 1. The largest absolute Gasteiger partial charge is 0.469 e. The van der Waals surface area contributed by atoms with Gasteiger partial charge in [-0.2, -0.15) is 0 Å². The molecule has 1 N–H and O–H groups in total.